The number of nitrogens with zero attached hydrogens (tertiary/aromatic N) is 2. The van der Waals surface area contributed by atoms with E-state index in [4.69, 9.17) is 10.7 Å². The number of nitrogens with one attached hydrogen (secondary N) is 1. The van der Waals surface area contributed by atoms with Gasteiger partial charge in [-0.15, -0.1) is 0 Å². The Bertz CT molecular complexity index is 663. The summed E-state index contributed by atoms with van der Waals surface area (Å²) in [6.07, 6.45) is 3.25. The van der Waals surface area contributed by atoms with Gasteiger partial charge in [-0.2, -0.15) is 0 Å². The third-order valence-electron chi connectivity index (χ3n) is 3.91. The molecule has 0 bridgehead atoms. The molecule has 0 unspecified atom stereocenters. The number of rotatable bonds is 4. The standard InChI is InChI=1S/C14H18Br2N4/c1-8-9-4-2-7-20-13(9)12(11(16)10(8)15)19-14(20)18-6-3-5-17/h2-7,17H2,1H3,(H,18,19). The van der Waals surface area contributed by atoms with Crippen LogP contribution in [0.15, 0.2) is 8.95 Å². The van der Waals surface area contributed by atoms with Crippen LogP contribution >= 0.6 is 31.9 Å². The fourth-order valence-electron chi connectivity index (χ4n) is 2.87. The van der Waals surface area contributed by atoms with Crippen molar-refractivity contribution in [2.45, 2.75) is 32.7 Å². The Morgan fingerprint density at radius 1 is 1.35 bits per heavy atom. The van der Waals surface area contributed by atoms with Crippen LogP contribution in [-0.4, -0.2) is 22.6 Å². The number of anilines is 1. The zero-order chi connectivity index (χ0) is 14.3. The molecule has 6 heteroatoms. The zero-order valence-electron chi connectivity index (χ0n) is 11.5. The van der Waals surface area contributed by atoms with Gasteiger partial charge in [-0.05, 0) is 75.7 Å². The van der Waals surface area contributed by atoms with E-state index < -0.39 is 0 Å². The largest absolute Gasteiger partial charge is 0.356 e. The summed E-state index contributed by atoms with van der Waals surface area (Å²) in [6.45, 7) is 4.77. The predicted molar refractivity (Wildman–Crippen MR) is 90.4 cm³/mol. The van der Waals surface area contributed by atoms with Gasteiger partial charge in [0, 0.05) is 17.6 Å². The maximum Gasteiger partial charge on any atom is 0.203 e. The highest BCUT2D eigenvalue weighted by Crippen LogP contribution is 2.40. The van der Waals surface area contributed by atoms with Crippen molar-refractivity contribution in [3.05, 3.63) is 20.1 Å². The second-order valence-corrected chi connectivity index (χ2v) is 6.77. The minimum absolute atomic E-state index is 0.701. The topological polar surface area (TPSA) is 55.9 Å². The molecule has 3 N–H and O–H groups in total. The van der Waals surface area contributed by atoms with Gasteiger partial charge in [0.15, 0.2) is 0 Å². The van der Waals surface area contributed by atoms with E-state index in [1.165, 1.54) is 23.1 Å². The van der Waals surface area contributed by atoms with Crippen LogP contribution in [0.3, 0.4) is 0 Å². The molecule has 0 amide bonds. The number of aromatic nitrogens is 2. The fourth-order valence-corrected chi connectivity index (χ4v) is 3.87. The lowest BCUT2D eigenvalue weighted by Gasteiger charge is -2.20. The zero-order valence-corrected chi connectivity index (χ0v) is 14.6. The summed E-state index contributed by atoms with van der Waals surface area (Å²) in [5.41, 5.74) is 10.6. The molecule has 1 aromatic heterocycles. The molecule has 2 aromatic rings. The Balaban J connectivity index is 2.16. The summed E-state index contributed by atoms with van der Waals surface area (Å²) in [5, 5.41) is 3.42. The van der Waals surface area contributed by atoms with Gasteiger partial charge in [-0.1, -0.05) is 0 Å². The van der Waals surface area contributed by atoms with E-state index in [2.05, 4.69) is 48.7 Å². The molecule has 108 valence electrons. The SMILES string of the molecule is Cc1c(Br)c(Br)c2nc(NCCCN)n3c2c1CCC3. The second kappa shape index (κ2) is 5.66. The number of hydrogen-bond donors (Lipinski definition) is 2. The smallest absolute Gasteiger partial charge is 0.203 e. The molecule has 1 aliphatic rings. The lowest BCUT2D eigenvalue weighted by Crippen LogP contribution is -2.15. The molecule has 4 nitrogen and oxygen atoms in total. The Kier molecular flexibility index (Phi) is 4.06. The Morgan fingerprint density at radius 3 is 2.90 bits per heavy atom. The van der Waals surface area contributed by atoms with Crippen molar-refractivity contribution in [3.63, 3.8) is 0 Å². The normalized spacial score (nSPS) is 14.0. The van der Waals surface area contributed by atoms with Gasteiger partial charge in [0.2, 0.25) is 5.95 Å². The van der Waals surface area contributed by atoms with Crippen LogP contribution < -0.4 is 11.1 Å². The number of hydrogen-bond acceptors (Lipinski definition) is 3. The van der Waals surface area contributed by atoms with Crippen molar-refractivity contribution in [2.75, 3.05) is 18.4 Å². The van der Waals surface area contributed by atoms with Crippen LogP contribution in [-0.2, 0) is 13.0 Å². The maximum atomic E-state index is 5.56. The minimum atomic E-state index is 0.701. The van der Waals surface area contributed by atoms with Gasteiger partial charge in [0.25, 0.3) is 0 Å². The average Bonchev–Trinajstić information content (AvgIpc) is 2.83. The highest BCUT2D eigenvalue weighted by atomic mass is 79.9. The van der Waals surface area contributed by atoms with Crippen LogP contribution in [0.2, 0.25) is 0 Å². The summed E-state index contributed by atoms with van der Waals surface area (Å²) in [5.74, 6) is 0.965. The van der Waals surface area contributed by atoms with E-state index >= 15 is 0 Å². The van der Waals surface area contributed by atoms with Crippen molar-refractivity contribution in [1.29, 1.82) is 0 Å². The predicted octanol–water partition coefficient (Wildman–Crippen LogP) is 3.58. The van der Waals surface area contributed by atoms with Gasteiger partial charge in [-0.3, -0.25) is 0 Å². The quantitative estimate of drug-likeness (QED) is 0.769. The molecule has 0 atom stereocenters. The highest BCUT2D eigenvalue weighted by Gasteiger charge is 2.23. The van der Waals surface area contributed by atoms with Crippen LogP contribution in [0.4, 0.5) is 5.95 Å². The first-order valence-corrected chi connectivity index (χ1v) is 8.54. The van der Waals surface area contributed by atoms with Gasteiger partial charge in [-0.25, -0.2) is 4.98 Å². The number of nitrogens with two attached hydrogens (primary N) is 1. The van der Waals surface area contributed by atoms with Gasteiger partial charge < -0.3 is 15.6 Å². The molecular formula is C14H18Br2N4. The second-order valence-electron chi connectivity index (χ2n) is 5.19. The minimum Gasteiger partial charge on any atom is -0.356 e. The van der Waals surface area contributed by atoms with E-state index in [1.807, 2.05) is 0 Å². The summed E-state index contributed by atoms with van der Waals surface area (Å²) in [7, 11) is 0. The Morgan fingerprint density at radius 2 is 2.15 bits per heavy atom. The molecule has 0 radical (unpaired) electrons. The van der Waals surface area contributed by atoms with E-state index in [0.717, 1.165) is 46.3 Å². The molecule has 3 rings (SSSR count). The van der Waals surface area contributed by atoms with Crippen LogP contribution in [0.5, 0.6) is 0 Å². The molecule has 2 heterocycles. The van der Waals surface area contributed by atoms with E-state index in [-0.39, 0.29) is 0 Å². The maximum absolute atomic E-state index is 5.56. The Labute approximate surface area is 135 Å². The van der Waals surface area contributed by atoms with Crippen molar-refractivity contribution >= 4 is 48.8 Å². The summed E-state index contributed by atoms with van der Waals surface area (Å²) < 4.78 is 4.49. The summed E-state index contributed by atoms with van der Waals surface area (Å²) >= 11 is 7.36. The van der Waals surface area contributed by atoms with E-state index in [0.29, 0.717) is 6.54 Å². The molecule has 0 saturated heterocycles. The molecular weight excluding hydrogens is 384 g/mol. The first kappa shape index (κ1) is 14.4. The Hall–Kier alpha value is -0.590. The summed E-state index contributed by atoms with van der Waals surface area (Å²) in [4.78, 5) is 4.79. The van der Waals surface area contributed by atoms with Crippen molar-refractivity contribution in [2.24, 2.45) is 5.73 Å². The summed E-state index contributed by atoms with van der Waals surface area (Å²) in [6, 6.07) is 0. The van der Waals surface area contributed by atoms with Crippen LogP contribution in [0.1, 0.15) is 24.0 Å². The average molecular weight is 402 g/mol. The number of aryl methyl sites for hydroxylation is 2. The van der Waals surface area contributed by atoms with E-state index in [1.54, 1.807) is 0 Å². The number of benzene rings is 1. The van der Waals surface area contributed by atoms with E-state index in [9.17, 15) is 0 Å². The van der Waals surface area contributed by atoms with Gasteiger partial charge in [0.05, 0.1) is 9.99 Å². The molecule has 0 fully saturated rings. The third kappa shape index (κ3) is 2.18. The van der Waals surface area contributed by atoms with Crippen molar-refractivity contribution in [3.8, 4) is 0 Å². The molecule has 0 saturated carbocycles. The lowest BCUT2D eigenvalue weighted by atomic mass is 9.99. The first-order valence-electron chi connectivity index (χ1n) is 6.95. The third-order valence-corrected chi connectivity index (χ3v) is 6.20. The number of imidazole rings is 1. The highest BCUT2D eigenvalue weighted by molar-refractivity contribution is 9.13. The molecule has 20 heavy (non-hydrogen) atoms. The molecule has 0 aliphatic carbocycles. The molecule has 1 aromatic carbocycles. The number of halogens is 2. The fraction of sp³-hybridized carbons (Fsp3) is 0.500. The van der Waals surface area contributed by atoms with Crippen LogP contribution in [0.25, 0.3) is 11.0 Å². The monoisotopic (exact) mass is 400 g/mol. The first-order chi connectivity index (χ1) is 9.65. The van der Waals surface area contributed by atoms with Crippen molar-refractivity contribution in [1.82, 2.24) is 9.55 Å². The van der Waals surface area contributed by atoms with Gasteiger partial charge >= 0.3 is 0 Å². The van der Waals surface area contributed by atoms with Crippen LogP contribution in [0, 0.1) is 6.92 Å². The van der Waals surface area contributed by atoms with Gasteiger partial charge in [0.1, 0.15) is 5.52 Å². The van der Waals surface area contributed by atoms with Crippen molar-refractivity contribution < 1.29 is 0 Å². The molecule has 0 spiro atoms. The lowest BCUT2D eigenvalue weighted by molar-refractivity contribution is 0.632. The molecule has 1 aliphatic heterocycles.